The summed E-state index contributed by atoms with van der Waals surface area (Å²) in [6.45, 7) is 14.4. The SMILES string of the molecule is CC(C)(C)NCC(=O)N1CCC[C@@]1(C)C(=O)c1nnc(C(C)(C)C)o1. The lowest BCUT2D eigenvalue weighted by molar-refractivity contribution is -0.133. The molecule has 2 heterocycles. The number of rotatable bonds is 4. The van der Waals surface area contributed by atoms with Gasteiger partial charge >= 0.3 is 0 Å². The third kappa shape index (κ3) is 4.26. The van der Waals surface area contributed by atoms with Crippen LogP contribution >= 0.6 is 0 Å². The van der Waals surface area contributed by atoms with Crippen LogP contribution < -0.4 is 5.32 Å². The molecule has 1 atom stereocenters. The number of carbonyl (C=O) groups is 2. The Bertz CT molecular complexity index is 654. The number of amides is 1. The number of hydrogen-bond acceptors (Lipinski definition) is 6. The maximum absolute atomic E-state index is 13.0. The molecule has 0 aliphatic carbocycles. The lowest BCUT2D eigenvalue weighted by Crippen LogP contribution is -2.54. The van der Waals surface area contributed by atoms with Crippen molar-refractivity contribution in [2.75, 3.05) is 13.1 Å². The standard InChI is InChI=1S/C18H30N4O3/c1-16(2,3)15-21-20-14(25-15)13(24)18(7)9-8-10-22(18)12(23)11-19-17(4,5)6/h19H,8-11H2,1-7H3/t18-/m0/s1. The van der Waals surface area contributed by atoms with Crippen LogP contribution in [0.2, 0.25) is 0 Å². The summed E-state index contributed by atoms with van der Waals surface area (Å²) in [4.78, 5) is 27.3. The minimum atomic E-state index is -0.932. The van der Waals surface area contributed by atoms with Crippen molar-refractivity contribution in [3.63, 3.8) is 0 Å². The van der Waals surface area contributed by atoms with E-state index in [9.17, 15) is 9.59 Å². The van der Waals surface area contributed by atoms with Crippen LogP contribution in [-0.4, -0.2) is 51.0 Å². The first-order chi connectivity index (χ1) is 11.3. The van der Waals surface area contributed by atoms with E-state index in [0.29, 0.717) is 18.9 Å². The highest BCUT2D eigenvalue weighted by Crippen LogP contribution is 2.33. The molecule has 0 bridgehead atoms. The summed E-state index contributed by atoms with van der Waals surface area (Å²) in [7, 11) is 0. The molecule has 1 saturated heterocycles. The predicted octanol–water partition coefficient (Wildman–Crippen LogP) is 2.32. The second-order valence-corrected chi connectivity index (χ2v) is 9.02. The highest BCUT2D eigenvalue weighted by molar-refractivity contribution is 6.02. The number of nitrogens with one attached hydrogen (secondary N) is 1. The van der Waals surface area contributed by atoms with Crippen molar-refractivity contribution >= 4 is 11.7 Å². The number of carbonyl (C=O) groups excluding carboxylic acids is 2. The predicted molar refractivity (Wildman–Crippen MR) is 94.4 cm³/mol. The summed E-state index contributed by atoms with van der Waals surface area (Å²) in [5.41, 5.74) is -1.42. The summed E-state index contributed by atoms with van der Waals surface area (Å²) in [6, 6.07) is 0. The number of hydrogen-bond donors (Lipinski definition) is 1. The van der Waals surface area contributed by atoms with Gasteiger partial charge in [-0.05, 0) is 40.5 Å². The summed E-state index contributed by atoms with van der Waals surface area (Å²) in [6.07, 6.45) is 1.38. The van der Waals surface area contributed by atoms with Gasteiger partial charge in [-0.1, -0.05) is 20.8 Å². The molecule has 140 valence electrons. The summed E-state index contributed by atoms with van der Waals surface area (Å²) >= 11 is 0. The van der Waals surface area contributed by atoms with Crippen molar-refractivity contribution in [1.29, 1.82) is 0 Å². The molecule has 7 nitrogen and oxygen atoms in total. The molecule has 1 N–H and O–H groups in total. The van der Waals surface area contributed by atoms with Crippen LogP contribution in [0, 0.1) is 0 Å². The molecule has 2 rings (SSSR count). The Hall–Kier alpha value is -1.76. The zero-order chi connectivity index (χ0) is 19.0. The molecular weight excluding hydrogens is 320 g/mol. The molecule has 25 heavy (non-hydrogen) atoms. The second-order valence-electron chi connectivity index (χ2n) is 9.02. The molecule has 0 unspecified atom stereocenters. The van der Waals surface area contributed by atoms with Gasteiger partial charge in [0.25, 0.3) is 5.89 Å². The van der Waals surface area contributed by atoms with Gasteiger partial charge in [-0.15, -0.1) is 10.2 Å². The van der Waals surface area contributed by atoms with Gasteiger partial charge in [0.15, 0.2) is 0 Å². The first-order valence-corrected chi connectivity index (χ1v) is 8.79. The lowest BCUT2D eigenvalue weighted by atomic mass is 9.92. The number of likely N-dealkylation sites (tertiary alicyclic amines) is 1. The molecule has 1 aromatic heterocycles. The molecule has 0 spiro atoms. The van der Waals surface area contributed by atoms with Gasteiger partial charge in [0.05, 0.1) is 6.54 Å². The minimum absolute atomic E-state index is 0.0177. The fourth-order valence-electron chi connectivity index (χ4n) is 2.88. The van der Waals surface area contributed by atoms with Crippen molar-refractivity contribution in [2.45, 2.75) is 77.8 Å². The van der Waals surface area contributed by atoms with Crippen LogP contribution in [0.4, 0.5) is 0 Å². The number of Topliss-reactive ketones (excluding diaryl/α,β-unsaturated/α-hetero) is 1. The van der Waals surface area contributed by atoms with E-state index in [0.717, 1.165) is 6.42 Å². The maximum Gasteiger partial charge on any atom is 0.286 e. The fourth-order valence-corrected chi connectivity index (χ4v) is 2.88. The van der Waals surface area contributed by atoms with Gasteiger partial charge in [-0.2, -0.15) is 0 Å². The van der Waals surface area contributed by atoms with Crippen molar-refractivity contribution in [3.8, 4) is 0 Å². The highest BCUT2D eigenvalue weighted by Gasteiger charge is 2.48. The van der Waals surface area contributed by atoms with E-state index >= 15 is 0 Å². The van der Waals surface area contributed by atoms with Crippen molar-refractivity contribution in [2.24, 2.45) is 0 Å². The average Bonchev–Trinajstić information content (AvgIpc) is 3.10. The zero-order valence-corrected chi connectivity index (χ0v) is 16.4. The molecule has 0 aromatic carbocycles. The topological polar surface area (TPSA) is 88.3 Å². The Morgan fingerprint density at radius 1 is 1.20 bits per heavy atom. The van der Waals surface area contributed by atoms with Crippen LogP contribution in [0.3, 0.4) is 0 Å². The highest BCUT2D eigenvalue weighted by atomic mass is 16.4. The lowest BCUT2D eigenvalue weighted by Gasteiger charge is -2.33. The van der Waals surface area contributed by atoms with Crippen molar-refractivity contribution in [1.82, 2.24) is 20.4 Å². The number of aromatic nitrogens is 2. The van der Waals surface area contributed by atoms with Crippen molar-refractivity contribution in [3.05, 3.63) is 11.8 Å². The van der Waals surface area contributed by atoms with E-state index in [1.165, 1.54) is 0 Å². The molecule has 1 amide bonds. The fraction of sp³-hybridized carbons (Fsp3) is 0.778. The van der Waals surface area contributed by atoms with Gasteiger partial charge in [0.2, 0.25) is 17.6 Å². The van der Waals surface area contributed by atoms with Crippen LogP contribution in [0.15, 0.2) is 4.42 Å². The van der Waals surface area contributed by atoms with Gasteiger partial charge in [-0.3, -0.25) is 9.59 Å². The molecule has 1 aromatic rings. The van der Waals surface area contributed by atoms with Crippen LogP contribution in [0.1, 0.15) is 77.9 Å². The van der Waals surface area contributed by atoms with E-state index in [1.807, 2.05) is 41.5 Å². The minimum Gasteiger partial charge on any atom is -0.418 e. The Morgan fingerprint density at radius 2 is 1.84 bits per heavy atom. The van der Waals surface area contributed by atoms with Gasteiger partial charge in [0.1, 0.15) is 5.54 Å². The van der Waals surface area contributed by atoms with E-state index in [2.05, 4.69) is 15.5 Å². The van der Waals surface area contributed by atoms with Crippen LogP contribution in [-0.2, 0) is 10.2 Å². The molecule has 0 radical (unpaired) electrons. The number of ketones is 1. The largest absolute Gasteiger partial charge is 0.418 e. The van der Waals surface area contributed by atoms with Crippen LogP contribution in [0.5, 0.6) is 0 Å². The molecule has 1 aliphatic rings. The maximum atomic E-state index is 13.0. The Kier molecular flexibility index (Phi) is 5.10. The monoisotopic (exact) mass is 350 g/mol. The second kappa shape index (κ2) is 6.52. The Balaban J connectivity index is 2.19. The molecule has 1 aliphatic heterocycles. The number of nitrogens with zero attached hydrogens (tertiary/aromatic N) is 3. The third-order valence-electron chi connectivity index (χ3n) is 4.46. The molecule has 7 heteroatoms. The van der Waals surface area contributed by atoms with E-state index in [4.69, 9.17) is 4.42 Å². The average molecular weight is 350 g/mol. The third-order valence-corrected chi connectivity index (χ3v) is 4.46. The van der Waals surface area contributed by atoms with E-state index in [1.54, 1.807) is 11.8 Å². The zero-order valence-electron chi connectivity index (χ0n) is 16.4. The van der Waals surface area contributed by atoms with Gasteiger partial charge in [-0.25, -0.2) is 0 Å². The van der Waals surface area contributed by atoms with E-state index in [-0.39, 0.29) is 35.1 Å². The molecule has 1 fully saturated rings. The first-order valence-electron chi connectivity index (χ1n) is 8.79. The summed E-state index contributed by atoms with van der Waals surface area (Å²) in [5.74, 6) is 0.0385. The van der Waals surface area contributed by atoms with Gasteiger partial charge < -0.3 is 14.6 Å². The quantitative estimate of drug-likeness (QED) is 0.839. The summed E-state index contributed by atoms with van der Waals surface area (Å²) < 4.78 is 5.60. The summed E-state index contributed by atoms with van der Waals surface area (Å²) in [5, 5.41) is 11.1. The van der Waals surface area contributed by atoms with Crippen molar-refractivity contribution < 1.29 is 14.0 Å². The van der Waals surface area contributed by atoms with E-state index < -0.39 is 5.54 Å². The Labute approximate surface area is 149 Å². The molecule has 0 saturated carbocycles. The van der Waals surface area contributed by atoms with Crippen LogP contribution in [0.25, 0.3) is 0 Å². The molecular formula is C18H30N4O3. The van der Waals surface area contributed by atoms with Gasteiger partial charge in [0, 0.05) is 17.5 Å². The Morgan fingerprint density at radius 3 is 2.36 bits per heavy atom. The first kappa shape index (κ1) is 19.6. The normalized spacial score (nSPS) is 21.6. The smallest absolute Gasteiger partial charge is 0.286 e.